The van der Waals surface area contributed by atoms with Gasteiger partial charge in [-0.2, -0.15) is 26.3 Å². The Bertz CT molecular complexity index is 481. The lowest BCUT2D eigenvalue weighted by Gasteiger charge is -2.14. The van der Waals surface area contributed by atoms with Crippen LogP contribution in [0.15, 0.2) is 18.2 Å². The van der Waals surface area contributed by atoms with E-state index in [1.54, 1.807) is 0 Å². The summed E-state index contributed by atoms with van der Waals surface area (Å²) in [6, 6.07) is 0.682. The number of alkyl halides is 6. The third kappa shape index (κ3) is 7.33. The first-order chi connectivity index (χ1) is 10.5. The molecule has 5 N–H and O–H groups in total. The zero-order valence-electron chi connectivity index (χ0n) is 12.2. The molecular weight excluding hydrogens is 328 g/mol. The highest BCUT2D eigenvalue weighted by atomic mass is 19.4. The van der Waals surface area contributed by atoms with E-state index in [1.807, 2.05) is 6.92 Å². The Morgan fingerprint density at radius 1 is 1.00 bits per heavy atom. The topological polar surface area (TPSA) is 81.1 Å². The Kier molecular flexibility index (Phi) is 8.04. The first-order valence-corrected chi connectivity index (χ1v) is 6.45. The Morgan fingerprint density at radius 3 is 1.70 bits per heavy atom. The highest BCUT2D eigenvalue weighted by Crippen LogP contribution is 2.36. The molecule has 0 spiro atoms. The Morgan fingerprint density at radius 2 is 1.39 bits per heavy atom. The van der Waals surface area contributed by atoms with Crippen LogP contribution < -0.4 is 16.8 Å². The van der Waals surface area contributed by atoms with Gasteiger partial charge in [-0.15, -0.1) is 0 Å². The van der Waals surface area contributed by atoms with Crippen LogP contribution in [-0.2, 0) is 12.4 Å². The molecule has 0 saturated heterocycles. The third-order valence-corrected chi connectivity index (χ3v) is 2.28. The number of amides is 1. The van der Waals surface area contributed by atoms with Crippen LogP contribution >= 0.6 is 0 Å². The molecule has 23 heavy (non-hydrogen) atoms. The average Bonchev–Trinajstić information content (AvgIpc) is 2.43. The number of carbonyl (C=O) groups is 1. The molecule has 0 aliphatic rings. The molecule has 1 aromatic rings. The largest absolute Gasteiger partial charge is 0.416 e. The maximum atomic E-state index is 12.5. The van der Waals surface area contributed by atoms with Gasteiger partial charge in [0.25, 0.3) is 5.91 Å². The van der Waals surface area contributed by atoms with Crippen molar-refractivity contribution in [2.24, 2.45) is 11.5 Å². The zero-order valence-corrected chi connectivity index (χ0v) is 12.2. The van der Waals surface area contributed by atoms with Crippen molar-refractivity contribution in [3.05, 3.63) is 34.9 Å². The molecule has 0 aliphatic heterocycles. The van der Waals surface area contributed by atoms with Crippen molar-refractivity contribution in [3.8, 4) is 0 Å². The maximum absolute atomic E-state index is 12.5. The monoisotopic (exact) mass is 345 g/mol. The van der Waals surface area contributed by atoms with Gasteiger partial charge in [-0.3, -0.25) is 4.79 Å². The van der Waals surface area contributed by atoms with Gasteiger partial charge in [0.05, 0.1) is 11.1 Å². The number of carbonyl (C=O) groups excluding carboxylic acids is 1. The van der Waals surface area contributed by atoms with Gasteiger partial charge < -0.3 is 16.8 Å². The summed E-state index contributed by atoms with van der Waals surface area (Å²) >= 11 is 0. The van der Waals surface area contributed by atoms with E-state index in [-0.39, 0.29) is 19.2 Å². The standard InChI is InChI=1S/C11H10F6N2O.C2H7N/c12-10(13,14)7-3-6(9(20)19-2-1-18)4-8(5-7)11(15,16)17;1-2-3/h3-5H,1-2,18H2,(H,19,20);2-3H2,1H3. The summed E-state index contributed by atoms with van der Waals surface area (Å²) in [5.41, 5.74) is 6.13. The van der Waals surface area contributed by atoms with Crippen molar-refractivity contribution in [1.29, 1.82) is 0 Å². The van der Waals surface area contributed by atoms with E-state index in [4.69, 9.17) is 11.5 Å². The van der Waals surface area contributed by atoms with Crippen molar-refractivity contribution in [2.75, 3.05) is 19.6 Å². The maximum Gasteiger partial charge on any atom is 0.416 e. The zero-order chi connectivity index (χ0) is 18.3. The molecule has 4 nitrogen and oxygen atoms in total. The number of halogens is 6. The molecule has 0 fully saturated rings. The number of nitrogens with two attached hydrogens (primary N) is 2. The Labute approximate surface area is 128 Å². The molecule has 1 amide bonds. The van der Waals surface area contributed by atoms with Crippen LogP contribution in [0.4, 0.5) is 26.3 Å². The minimum atomic E-state index is -4.98. The van der Waals surface area contributed by atoms with Gasteiger partial charge in [-0.25, -0.2) is 0 Å². The van der Waals surface area contributed by atoms with E-state index < -0.39 is 35.0 Å². The van der Waals surface area contributed by atoms with Gasteiger partial charge >= 0.3 is 12.4 Å². The van der Waals surface area contributed by atoms with Crippen molar-refractivity contribution < 1.29 is 31.1 Å². The van der Waals surface area contributed by atoms with Crippen LogP contribution in [0, 0.1) is 0 Å². The molecule has 0 unspecified atom stereocenters. The molecule has 0 aliphatic carbocycles. The van der Waals surface area contributed by atoms with Gasteiger partial charge in [-0.1, -0.05) is 6.92 Å². The molecule has 0 heterocycles. The van der Waals surface area contributed by atoms with Gasteiger partial charge in [-0.05, 0) is 24.7 Å². The van der Waals surface area contributed by atoms with Crippen LogP contribution in [0.3, 0.4) is 0 Å². The van der Waals surface area contributed by atoms with Crippen molar-refractivity contribution in [1.82, 2.24) is 5.32 Å². The average molecular weight is 345 g/mol. The smallest absolute Gasteiger partial charge is 0.351 e. The summed E-state index contributed by atoms with van der Waals surface area (Å²) < 4.78 is 75.2. The minimum Gasteiger partial charge on any atom is -0.351 e. The molecule has 0 saturated carbocycles. The summed E-state index contributed by atoms with van der Waals surface area (Å²) in [4.78, 5) is 11.5. The van der Waals surface area contributed by atoms with Crippen LogP contribution in [0.2, 0.25) is 0 Å². The van der Waals surface area contributed by atoms with Crippen molar-refractivity contribution in [2.45, 2.75) is 19.3 Å². The first kappa shape index (κ1) is 21.2. The summed E-state index contributed by atoms with van der Waals surface area (Å²) in [6.07, 6.45) is -9.96. The molecule has 0 radical (unpaired) electrons. The molecule has 1 rings (SSSR count). The molecule has 1 aromatic carbocycles. The van der Waals surface area contributed by atoms with E-state index in [0.29, 0.717) is 12.1 Å². The lowest BCUT2D eigenvalue weighted by molar-refractivity contribution is -0.143. The second kappa shape index (κ2) is 8.73. The normalized spacial score (nSPS) is 11.5. The Hall–Kier alpha value is -1.81. The summed E-state index contributed by atoms with van der Waals surface area (Å²) in [6.45, 7) is 2.60. The minimum absolute atomic E-state index is 0.0107. The van der Waals surface area contributed by atoms with E-state index in [2.05, 4.69) is 5.32 Å². The third-order valence-electron chi connectivity index (χ3n) is 2.28. The number of hydrogen-bond donors (Lipinski definition) is 3. The number of benzene rings is 1. The van der Waals surface area contributed by atoms with E-state index in [1.165, 1.54) is 0 Å². The van der Waals surface area contributed by atoms with Crippen LogP contribution in [-0.4, -0.2) is 25.5 Å². The second-order valence-corrected chi connectivity index (χ2v) is 4.25. The highest BCUT2D eigenvalue weighted by molar-refractivity contribution is 5.94. The molecule has 132 valence electrons. The van der Waals surface area contributed by atoms with Crippen molar-refractivity contribution >= 4 is 5.91 Å². The number of hydrogen-bond acceptors (Lipinski definition) is 3. The molecule has 10 heteroatoms. The predicted octanol–water partition coefficient (Wildman–Crippen LogP) is 2.38. The number of rotatable bonds is 3. The fourth-order valence-corrected chi connectivity index (χ4v) is 1.37. The van der Waals surface area contributed by atoms with Gasteiger partial charge in [0, 0.05) is 18.7 Å². The van der Waals surface area contributed by atoms with Gasteiger partial charge in [0.2, 0.25) is 0 Å². The second-order valence-electron chi connectivity index (χ2n) is 4.25. The van der Waals surface area contributed by atoms with Crippen LogP contribution in [0.25, 0.3) is 0 Å². The number of nitrogens with one attached hydrogen (secondary N) is 1. The van der Waals surface area contributed by atoms with E-state index in [9.17, 15) is 31.1 Å². The summed E-state index contributed by atoms with van der Waals surface area (Å²) in [5, 5.41) is 2.11. The first-order valence-electron chi connectivity index (χ1n) is 6.45. The summed E-state index contributed by atoms with van der Waals surface area (Å²) in [5.74, 6) is -1.05. The fourth-order valence-electron chi connectivity index (χ4n) is 1.37. The summed E-state index contributed by atoms with van der Waals surface area (Å²) in [7, 11) is 0. The molecular formula is C13H17F6N3O. The van der Waals surface area contributed by atoms with Crippen LogP contribution in [0.1, 0.15) is 28.4 Å². The fraction of sp³-hybridized carbons (Fsp3) is 0.462. The van der Waals surface area contributed by atoms with E-state index >= 15 is 0 Å². The van der Waals surface area contributed by atoms with Crippen LogP contribution in [0.5, 0.6) is 0 Å². The Balaban J connectivity index is 0.00000149. The SMILES string of the molecule is CCN.NCCNC(=O)c1cc(C(F)(F)F)cc(C(F)(F)F)c1. The quantitative estimate of drug-likeness (QED) is 0.736. The van der Waals surface area contributed by atoms with Gasteiger partial charge in [0.15, 0.2) is 0 Å². The lowest BCUT2D eigenvalue weighted by Crippen LogP contribution is -2.29. The predicted molar refractivity (Wildman–Crippen MR) is 72.6 cm³/mol. The highest BCUT2D eigenvalue weighted by Gasteiger charge is 2.37. The van der Waals surface area contributed by atoms with Gasteiger partial charge in [0.1, 0.15) is 0 Å². The molecule has 0 aromatic heterocycles. The van der Waals surface area contributed by atoms with Crippen molar-refractivity contribution in [3.63, 3.8) is 0 Å². The lowest BCUT2D eigenvalue weighted by atomic mass is 10.0. The molecule has 0 bridgehead atoms. The van der Waals surface area contributed by atoms with E-state index in [0.717, 1.165) is 6.54 Å². The molecule has 0 atom stereocenters.